The number of rotatable bonds is 11. The summed E-state index contributed by atoms with van der Waals surface area (Å²) >= 11 is 0. The van der Waals surface area contributed by atoms with Gasteiger partial charge in [-0.05, 0) is 31.0 Å². The number of hydrogen-bond acceptors (Lipinski definition) is 5. The summed E-state index contributed by atoms with van der Waals surface area (Å²) in [5.41, 5.74) is 0.211. The Morgan fingerprint density at radius 1 is 1.16 bits per heavy atom. The van der Waals surface area contributed by atoms with Crippen molar-refractivity contribution in [1.29, 1.82) is 0 Å². The smallest absolute Gasteiger partial charge is 0.255 e. The average molecular weight is 372 g/mol. The lowest BCUT2D eigenvalue weighted by molar-refractivity contribution is 0.0948. The van der Waals surface area contributed by atoms with Crippen molar-refractivity contribution < 1.29 is 22.7 Å². The fraction of sp³-hybridized carbons (Fsp3) is 0.588. The molecule has 1 rings (SSSR count). The third-order valence-electron chi connectivity index (χ3n) is 3.82. The molecule has 1 amide bonds. The van der Waals surface area contributed by atoms with Crippen molar-refractivity contribution in [1.82, 2.24) is 9.62 Å². The van der Waals surface area contributed by atoms with E-state index < -0.39 is 10.0 Å². The predicted octanol–water partition coefficient (Wildman–Crippen LogP) is 1.88. The summed E-state index contributed by atoms with van der Waals surface area (Å²) in [6.45, 7) is 5.41. The molecule has 0 aromatic heterocycles. The van der Waals surface area contributed by atoms with Crippen LogP contribution in [0.4, 0.5) is 0 Å². The summed E-state index contributed by atoms with van der Waals surface area (Å²) in [6, 6.07) is 4.34. The molecule has 0 radical (unpaired) electrons. The Hall–Kier alpha value is -1.64. The molecule has 0 heterocycles. The van der Waals surface area contributed by atoms with Crippen molar-refractivity contribution in [3.8, 4) is 5.75 Å². The van der Waals surface area contributed by atoms with Crippen molar-refractivity contribution in [3.63, 3.8) is 0 Å². The van der Waals surface area contributed by atoms with Crippen LogP contribution >= 0.6 is 0 Å². The summed E-state index contributed by atoms with van der Waals surface area (Å²) in [5, 5.41) is 2.79. The quantitative estimate of drug-likeness (QED) is 0.600. The SMILES string of the molecule is CCN(CC)S(=O)(=O)c1ccc(OC)c(C(=O)NCCCCOC)c1. The van der Waals surface area contributed by atoms with Crippen LogP contribution in [0.1, 0.15) is 37.0 Å². The first-order valence-corrected chi connectivity index (χ1v) is 9.81. The highest BCUT2D eigenvalue weighted by atomic mass is 32.2. The summed E-state index contributed by atoms with van der Waals surface area (Å²) < 4.78 is 36.8. The van der Waals surface area contributed by atoms with E-state index in [9.17, 15) is 13.2 Å². The van der Waals surface area contributed by atoms with E-state index in [2.05, 4.69) is 5.32 Å². The molecule has 25 heavy (non-hydrogen) atoms. The average Bonchev–Trinajstić information content (AvgIpc) is 2.61. The fourth-order valence-electron chi connectivity index (χ4n) is 2.41. The van der Waals surface area contributed by atoms with E-state index in [0.717, 1.165) is 12.8 Å². The van der Waals surface area contributed by atoms with E-state index in [1.54, 1.807) is 21.0 Å². The molecule has 0 saturated carbocycles. The number of nitrogens with one attached hydrogen (secondary N) is 1. The first kappa shape index (κ1) is 21.4. The molecule has 1 N–H and O–H groups in total. The number of carbonyl (C=O) groups excluding carboxylic acids is 1. The Morgan fingerprint density at radius 2 is 1.84 bits per heavy atom. The Balaban J connectivity index is 3.01. The lowest BCUT2D eigenvalue weighted by Gasteiger charge is -2.19. The second-order valence-electron chi connectivity index (χ2n) is 5.41. The molecular weight excluding hydrogens is 344 g/mol. The first-order chi connectivity index (χ1) is 11.9. The minimum absolute atomic E-state index is 0.0848. The largest absolute Gasteiger partial charge is 0.496 e. The molecule has 0 unspecified atom stereocenters. The van der Waals surface area contributed by atoms with Crippen LogP contribution in [-0.4, -0.2) is 59.1 Å². The molecule has 0 spiro atoms. The van der Waals surface area contributed by atoms with Crippen LogP contribution in [-0.2, 0) is 14.8 Å². The van der Waals surface area contributed by atoms with Crippen LogP contribution in [0.25, 0.3) is 0 Å². The van der Waals surface area contributed by atoms with Gasteiger partial charge in [0.2, 0.25) is 10.0 Å². The second kappa shape index (κ2) is 10.4. The van der Waals surface area contributed by atoms with E-state index in [1.165, 1.54) is 29.6 Å². The minimum atomic E-state index is -3.63. The number of hydrogen-bond donors (Lipinski definition) is 1. The maximum absolute atomic E-state index is 12.6. The van der Waals surface area contributed by atoms with E-state index in [4.69, 9.17) is 9.47 Å². The number of unbranched alkanes of at least 4 members (excludes halogenated alkanes) is 1. The molecular formula is C17H28N2O5S. The highest BCUT2D eigenvalue weighted by Gasteiger charge is 2.24. The number of benzene rings is 1. The van der Waals surface area contributed by atoms with Crippen molar-refractivity contribution in [2.45, 2.75) is 31.6 Å². The van der Waals surface area contributed by atoms with Gasteiger partial charge in [-0.25, -0.2) is 8.42 Å². The first-order valence-electron chi connectivity index (χ1n) is 8.37. The second-order valence-corrected chi connectivity index (χ2v) is 7.35. The molecule has 0 fully saturated rings. The zero-order valence-electron chi connectivity index (χ0n) is 15.4. The number of ether oxygens (including phenoxy) is 2. The third-order valence-corrected chi connectivity index (χ3v) is 5.87. The maximum atomic E-state index is 12.6. The topological polar surface area (TPSA) is 84.9 Å². The molecule has 0 aliphatic rings. The van der Waals surface area contributed by atoms with Gasteiger partial charge in [0.05, 0.1) is 17.6 Å². The van der Waals surface area contributed by atoms with Gasteiger partial charge < -0.3 is 14.8 Å². The number of amides is 1. The Kier molecular flexibility index (Phi) is 8.88. The molecule has 1 aromatic rings. The van der Waals surface area contributed by atoms with Crippen LogP contribution in [0.2, 0.25) is 0 Å². The van der Waals surface area contributed by atoms with Gasteiger partial charge in [-0.3, -0.25) is 4.79 Å². The Bertz CT molecular complexity index is 657. The standard InChI is InChI=1S/C17H28N2O5S/c1-5-19(6-2)25(21,22)14-9-10-16(24-4)15(13-14)17(20)18-11-7-8-12-23-3/h9-10,13H,5-8,11-12H2,1-4H3,(H,18,20). The Morgan fingerprint density at radius 3 is 2.40 bits per heavy atom. The predicted molar refractivity (Wildman–Crippen MR) is 96.5 cm³/mol. The number of sulfonamides is 1. The molecule has 0 atom stereocenters. The van der Waals surface area contributed by atoms with E-state index in [-0.39, 0.29) is 16.4 Å². The summed E-state index contributed by atoms with van der Waals surface area (Å²) in [4.78, 5) is 12.5. The van der Waals surface area contributed by atoms with E-state index in [0.29, 0.717) is 32.0 Å². The van der Waals surface area contributed by atoms with Gasteiger partial charge >= 0.3 is 0 Å². The Labute approximate surface area is 150 Å². The zero-order chi connectivity index (χ0) is 18.9. The van der Waals surface area contributed by atoms with Gasteiger partial charge in [-0.15, -0.1) is 0 Å². The summed E-state index contributed by atoms with van der Waals surface area (Å²) in [7, 11) is -0.556. The van der Waals surface area contributed by atoms with Gasteiger partial charge in [0.25, 0.3) is 5.91 Å². The molecule has 7 nitrogen and oxygen atoms in total. The zero-order valence-corrected chi connectivity index (χ0v) is 16.2. The van der Waals surface area contributed by atoms with Crippen molar-refractivity contribution in [2.24, 2.45) is 0 Å². The molecule has 8 heteroatoms. The van der Waals surface area contributed by atoms with Gasteiger partial charge in [-0.2, -0.15) is 4.31 Å². The number of nitrogens with zero attached hydrogens (tertiary/aromatic N) is 1. The summed E-state index contributed by atoms with van der Waals surface area (Å²) in [6.07, 6.45) is 1.61. The van der Waals surface area contributed by atoms with Crippen LogP contribution in [0.3, 0.4) is 0 Å². The van der Waals surface area contributed by atoms with Crippen molar-refractivity contribution >= 4 is 15.9 Å². The lowest BCUT2D eigenvalue weighted by atomic mass is 10.2. The van der Waals surface area contributed by atoms with Gasteiger partial charge in [-0.1, -0.05) is 13.8 Å². The fourth-order valence-corrected chi connectivity index (χ4v) is 3.89. The van der Waals surface area contributed by atoms with Crippen molar-refractivity contribution in [3.05, 3.63) is 23.8 Å². The van der Waals surface area contributed by atoms with Crippen molar-refractivity contribution in [2.75, 3.05) is 40.5 Å². The van der Waals surface area contributed by atoms with Gasteiger partial charge in [0.15, 0.2) is 0 Å². The normalized spacial score (nSPS) is 11.6. The summed E-state index contributed by atoms with van der Waals surface area (Å²) in [5.74, 6) is -0.0150. The highest BCUT2D eigenvalue weighted by molar-refractivity contribution is 7.89. The minimum Gasteiger partial charge on any atom is -0.496 e. The molecule has 0 aliphatic carbocycles. The van der Waals surface area contributed by atoms with Gasteiger partial charge in [0.1, 0.15) is 5.75 Å². The van der Waals surface area contributed by atoms with E-state index in [1.807, 2.05) is 0 Å². The third kappa shape index (κ3) is 5.69. The van der Waals surface area contributed by atoms with Crippen LogP contribution < -0.4 is 10.1 Å². The van der Waals surface area contributed by atoms with Gasteiger partial charge in [0, 0.05) is 33.4 Å². The molecule has 0 saturated heterocycles. The lowest BCUT2D eigenvalue weighted by Crippen LogP contribution is -2.31. The molecule has 142 valence electrons. The molecule has 0 bridgehead atoms. The van der Waals surface area contributed by atoms with Crippen LogP contribution in [0, 0.1) is 0 Å². The highest BCUT2D eigenvalue weighted by Crippen LogP contribution is 2.24. The van der Waals surface area contributed by atoms with Crippen LogP contribution in [0.15, 0.2) is 23.1 Å². The van der Waals surface area contributed by atoms with E-state index >= 15 is 0 Å². The number of carbonyl (C=O) groups is 1. The van der Waals surface area contributed by atoms with Crippen LogP contribution in [0.5, 0.6) is 5.75 Å². The number of methoxy groups -OCH3 is 2. The molecule has 0 aliphatic heterocycles. The maximum Gasteiger partial charge on any atom is 0.255 e. The monoisotopic (exact) mass is 372 g/mol. The molecule has 1 aromatic carbocycles.